The Hall–Kier alpha value is -1.59. The van der Waals surface area contributed by atoms with Gasteiger partial charge in [-0.25, -0.2) is 0 Å². The van der Waals surface area contributed by atoms with Gasteiger partial charge in [-0.3, -0.25) is 0 Å². The fourth-order valence-electron chi connectivity index (χ4n) is 0.621. The van der Waals surface area contributed by atoms with Crippen molar-refractivity contribution in [3.63, 3.8) is 0 Å². The van der Waals surface area contributed by atoms with Crippen LogP contribution in [0, 0.1) is 0 Å². The molecule has 0 fully saturated rings. The van der Waals surface area contributed by atoms with Gasteiger partial charge in [0.2, 0.25) is 5.96 Å². The van der Waals surface area contributed by atoms with E-state index in [9.17, 15) is 0 Å². The molecule has 6 nitrogen and oxygen atoms in total. The summed E-state index contributed by atoms with van der Waals surface area (Å²) in [6, 6.07) is 0. The second kappa shape index (κ2) is 8.51. The van der Waals surface area contributed by atoms with E-state index >= 15 is 0 Å². The van der Waals surface area contributed by atoms with Crippen LogP contribution in [0.2, 0.25) is 0 Å². The van der Waals surface area contributed by atoms with Crippen molar-refractivity contribution in [2.45, 2.75) is 19.3 Å². The van der Waals surface area contributed by atoms with Crippen LogP contribution in [0.25, 0.3) is 0 Å². The summed E-state index contributed by atoms with van der Waals surface area (Å²) >= 11 is 0. The van der Waals surface area contributed by atoms with Crippen LogP contribution >= 0.6 is 0 Å². The van der Waals surface area contributed by atoms with Gasteiger partial charge in [0.05, 0.1) is 0 Å². The summed E-state index contributed by atoms with van der Waals surface area (Å²) in [6.07, 6.45) is 6.22. The molecule has 0 spiro atoms. The van der Waals surface area contributed by atoms with Gasteiger partial charge in [-0.15, -0.1) is 5.10 Å². The minimum Gasteiger partial charge on any atom is -0.369 e. The van der Waals surface area contributed by atoms with E-state index in [1.807, 2.05) is 6.21 Å². The monoisotopic (exact) mass is 184 g/mol. The highest BCUT2D eigenvalue weighted by atomic mass is 15.3. The number of hydrazone groups is 1. The van der Waals surface area contributed by atoms with Crippen molar-refractivity contribution in [1.82, 2.24) is 5.43 Å². The Labute approximate surface area is 77.8 Å². The molecule has 0 rings (SSSR count). The molecule has 74 valence electrons. The highest BCUT2D eigenvalue weighted by Gasteiger charge is 1.81. The third kappa shape index (κ3) is 10.4. The number of nitrogens with zero attached hydrogens (tertiary/aromatic N) is 3. The summed E-state index contributed by atoms with van der Waals surface area (Å²) < 4.78 is 0. The Morgan fingerprint density at radius 3 is 2.62 bits per heavy atom. The van der Waals surface area contributed by atoms with Gasteiger partial charge in [-0.2, -0.15) is 10.2 Å². The molecule has 0 aromatic carbocycles. The molecule has 0 unspecified atom stereocenters. The van der Waals surface area contributed by atoms with E-state index in [0.717, 1.165) is 19.3 Å². The van der Waals surface area contributed by atoms with Crippen LogP contribution in [0.15, 0.2) is 15.3 Å². The fourth-order valence-corrected chi connectivity index (χ4v) is 0.621. The molecule has 0 bridgehead atoms. The lowest BCUT2D eigenvalue weighted by atomic mass is 10.3. The molecule has 13 heavy (non-hydrogen) atoms. The first kappa shape index (κ1) is 11.4. The third-order valence-corrected chi connectivity index (χ3v) is 1.14. The molecule has 0 aliphatic carbocycles. The highest BCUT2D eigenvalue weighted by Crippen LogP contribution is 1.89. The minimum absolute atomic E-state index is 0.0204. The van der Waals surface area contributed by atoms with Gasteiger partial charge in [0, 0.05) is 19.5 Å². The Kier molecular flexibility index (Phi) is 7.47. The zero-order valence-corrected chi connectivity index (χ0v) is 7.77. The van der Waals surface area contributed by atoms with Crippen LogP contribution in [-0.4, -0.2) is 25.4 Å². The lowest BCUT2D eigenvalue weighted by Crippen LogP contribution is -2.21. The summed E-state index contributed by atoms with van der Waals surface area (Å²) in [5.41, 5.74) is 12.8. The van der Waals surface area contributed by atoms with Crippen molar-refractivity contribution >= 4 is 18.4 Å². The molecule has 0 aromatic heterocycles. The van der Waals surface area contributed by atoms with Gasteiger partial charge in [-0.1, -0.05) is 0 Å². The molecule has 0 aliphatic rings. The summed E-state index contributed by atoms with van der Waals surface area (Å²) in [5, 5.41) is 10.9. The maximum Gasteiger partial charge on any atom is 0.211 e. The van der Waals surface area contributed by atoms with Crippen molar-refractivity contribution in [2.75, 3.05) is 7.05 Å². The molecule has 0 amide bonds. The van der Waals surface area contributed by atoms with E-state index in [0.29, 0.717) is 0 Å². The molecule has 0 saturated carbocycles. The first-order valence-electron chi connectivity index (χ1n) is 4.06. The highest BCUT2D eigenvalue weighted by molar-refractivity contribution is 5.76. The van der Waals surface area contributed by atoms with Gasteiger partial charge in [0.15, 0.2) is 0 Å². The van der Waals surface area contributed by atoms with Crippen LogP contribution in [-0.2, 0) is 0 Å². The normalized spacial score (nSPS) is 10.8. The molecule has 0 radical (unpaired) electrons. The zero-order chi connectivity index (χ0) is 9.94. The lowest BCUT2D eigenvalue weighted by Gasteiger charge is -1.89. The van der Waals surface area contributed by atoms with Crippen LogP contribution in [0.3, 0.4) is 0 Å². The van der Waals surface area contributed by atoms with Gasteiger partial charge in [0.1, 0.15) is 0 Å². The Balaban J connectivity index is 3.30. The molecule has 0 aromatic rings. The standard InChI is InChI=1S/C7H16N6/c1-10-11-5-3-2-4-6-12-13-7(8)9/h5-6,10H,2-4H2,1H3,(H4,8,9,13). The average molecular weight is 184 g/mol. The summed E-state index contributed by atoms with van der Waals surface area (Å²) in [6.45, 7) is 0. The Morgan fingerprint density at radius 2 is 2.00 bits per heavy atom. The van der Waals surface area contributed by atoms with Gasteiger partial charge < -0.3 is 16.9 Å². The van der Waals surface area contributed by atoms with Crippen molar-refractivity contribution < 1.29 is 0 Å². The molecule has 0 aliphatic heterocycles. The van der Waals surface area contributed by atoms with Gasteiger partial charge >= 0.3 is 0 Å². The predicted molar refractivity (Wildman–Crippen MR) is 55.7 cm³/mol. The van der Waals surface area contributed by atoms with E-state index in [1.165, 1.54) is 0 Å². The third-order valence-electron chi connectivity index (χ3n) is 1.14. The molecular formula is C7H16N6. The SMILES string of the molecule is CNN=CCCCC=NN=C(N)N. The minimum atomic E-state index is -0.0204. The largest absolute Gasteiger partial charge is 0.369 e. The summed E-state index contributed by atoms with van der Waals surface area (Å²) in [5.74, 6) is -0.0204. The van der Waals surface area contributed by atoms with E-state index in [2.05, 4.69) is 20.7 Å². The predicted octanol–water partition coefficient (Wildman–Crippen LogP) is -0.379. The van der Waals surface area contributed by atoms with E-state index in [4.69, 9.17) is 11.5 Å². The van der Waals surface area contributed by atoms with Crippen LogP contribution in [0.1, 0.15) is 19.3 Å². The smallest absolute Gasteiger partial charge is 0.211 e. The number of rotatable bonds is 6. The maximum atomic E-state index is 5.06. The number of hydrogen-bond acceptors (Lipinski definition) is 4. The number of nitrogens with one attached hydrogen (secondary N) is 1. The quantitative estimate of drug-likeness (QED) is 0.227. The van der Waals surface area contributed by atoms with Gasteiger partial charge in [0.25, 0.3) is 0 Å². The number of guanidine groups is 1. The first-order chi connectivity index (χ1) is 6.27. The topological polar surface area (TPSA) is 101 Å². The Morgan fingerprint density at radius 1 is 1.31 bits per heavy atom. The molecule has 0 atom stereocenters. The number of hydrogen-bond donors (Lipinski definition) is 3. The molecule has 0 saturated heterocycles. The van der Waals surface area contributed by atoms with Crippen molar-refractivity contribution in [2.24, 2.45) is 26.8 Å². The van der Waals surface area contributed by atoms with Crippen molar-refractivity contribution in [1.29, 1.82) is 0 Å². The fraction of sp³-hybridized carbons (Fsp3) is 0.571. The first-order valence-corrected chi connectivity index (χ1v) is 4.06. The molecule has 0 heterocycles. The van der Waals surface area contributed by atoms with Gasteiger partial charge in [-0.05, 0) is 19.3 Å². The molecule has 5 N–H and O–H groups in total. The van der Waals surface area contributed by atoms with Crippen molar-refractivity contribution in [3.05, 3.63) is 0 Å². The number of unbranched alkanes of at least 4 members (excludes halogenated alkanes) is 2. The van der Waals surface area contributed by atoms with E-state index in [-0.39, 0.29) is 5.96 Å². The van der Waals surface area contributed by atoms with Crippen molar-refractivity contribution in [3.8, 4) is 0 Å². The van der Waals surface area contributed by atoms with Crippen LogP contribution in [0.4, 0.5) is 0 Å². The second-order valence-corrected chi connectivity index (χ2v) is 2.29. The summed E-state index contributed by atoms with van der Waals surface area (Å²) in [4.78, 5) is 0. The molecule has 6 heteroatoms. The lowest BCUT2D eigenvalue weighted by molar-refractivity contribution is 0.878. The second-order valence-electron chi connectivity index (χ2n) is 2.29. The zero-order valence-electron chi connectivity index (χ0n) is 7.77. The van der Waals surface area contributed by atoms with Crippen LogP contribution in [0.5, 0.6) is 0 Å². The van der Waals surface area contributed by atoms with E-state index < -0.39 is 0 Å². The Bertz CT molecular complexity index is 191. The van der Waals surface area contributed by atoms with Crippen LogP contribution < -0.4 is 16.9 Å². The summed E-state index contributed by atoms with van der Waals surface area (Å²) in [7, 11) is 1.76. The van der Waals surface area contributed by atoms with E-state index in [1.54, 1.807) is 13.3 Å². The molecular weight excluding hydrogens is 168 g/mol. The number of nitrogens with two attached hydrogens (primary N) is 2. The maximum absolute atomic E-state index is 5.06. The average Bonchev–Trinajstić information content (AvgIpc) is 2.09.